The van der Waals surface area contributed by atoms with E-state index in [2.05, 4.69) is 0 Å². The first-order valence-electron chi connectivity index (χ1n) is 5.18. The number of carboxylic acid groups (broad SMARTS) is 1. The fourth-order valence-corrected chi connectivity index (χ4v) is 1.96. The second kappa shape index (κ2) is 5.11. The van der Waals surface area contributed by atoms with Crippen molar-refractivity contribution in [2.45, 2.75) is 25.8 Å². The van der Waals surface area contributed by atoms with Crippen LogP contribution in [-0.4, -0.2) is 59.5 Å². The van der Waals surface area contributed by atoms with Crippen LogP contribution in [0.1, 0.15) is 19.8 Å². The zero-order valence-corrected chi connectivity index (χ0v) is 9.27. The molecule has 0 aromatic carbocycles. The van der Waals surface area contributed by atoms with Crippen molar-refractivity contribution in [2.24, 2.45) is 0 Å². The zero-order chi connectivity index (χ0) is 11.4. The highest BCUT2D eigenvalue weighted by Gasteiger charge is 2.24. The Labute approximate surface area is 89.7 Å². The van der Waals surface area contributed by atoms with Crippen LogP contribution in [0.3, 0.4) is 0 Å². The number of likely N-dealkylation sites (N-methyl/N-ethyl adjacent to an activating group) is 1. The van der Waals surface area contributed by atoms with Gasteiger partial charge in [-0.15, -0.1) is 0 Å². The quantitative estimate of drug-likeness (QED) is 0.719. The number of carbonyl (C=O) groups excluding carboxylic acids is 1. The van der Waals surface area contributed by atoms with Gasteiger partial charge in [0.15, 0.2) is 0 Å². The third kappa shape index (κ3) is 3.51. The molecule has 0 saturated carbocycles. The lowest BCUT2D eigenvalue weighted by Crippen LogP contribution is -2.46. The second-order valence-corrected chi connectivity index (χ2v) is 4.05. The van der Waals surface area contributed by atoms with Gasteiger partial charge in [-0.1, -0.05) is 0 Å². The molecule has 0 radical (unpaired) electrons. The van der Waals surface area contributed by atoms with Gasteiger partial charge >= 0.3 is 5.97 Å². The van der Waals surface area contributed by atoms with Gasteiger partial charge in [0.1, 0.15) is 0 Å². The first kappa shape index (κ1) is 12.0. The molecule has 0 aromatic rings. The maximum absolute atomic E-state index is 11.1. The molecule has 5 heteroatoms. The number of amides is 1. The van der Waals surface area contributed by atoms with Crippen LogP contribution in [-0.2, 0) is 9.59 Å². The van der Waals surface area contributed by atoms with E-state index >= 15 is 0 Å². The Morgan fingerprint density at radius 3 is 2.33 bits per heavy atom. The van der Waals surface area contributed by atoms with Gasteiger partial charge in [-0.25, -0.2) is 0 Å². The molecule has 0 unspecified atom stereocenters. The minimum Gasteiger partial charge on any atom is -0.480 e. The van der Waals surface area contributed by atoms with Crippen LogP contribution < -0.4 is 0 Å². The molecule has 5 nitrogen and oxygen atoms in total. The molecule has 0 bridgehead atoms. The van der Waals surface area contributed by atoms with E-state index in [4.69, 9.17) is 5.11 Å². The zero-order valence-electron chi connectivity index (χ0n) is 9.27. The van der Waals surface area contributed by atoms with E-state index in [1.807, 2.05) is 16.8 Å². The molecule has 0 aliphatic carbocycles. The number of piperidine rings is 1. The number of hydrogen-bond acceptors (Lipinski definition) is 3. The molecule has 1 heterocycles. The fraction of sp³-hybridized carbons (Fsp3) is 0.800. The van der Waals surface area contributed by atoms with Crippen molar-refractivity contribution in [1.82, 2.24) is 9.80 Å². The van der Waals surface area contributed by atoms with Crippen molar-refractivity contribution >= 4 is 11.9 Å². The van der Waals surface area contributed by atoms with Crippen molar-refractivity contribution in [2.75, 3.05) is 26.7 Å². The predicted molar refractivity (Wildman–Crippen MR) is 55.5 cm³/mol. The topological polar surface area (TPSA) is 60.9 Å². The number of carbonyl (C=O) groups is 2. The second-order valence-electron chi connectivity index (χ2n) is 4.05. The van der Waals surface area contributed by atoms with Gasteiger partial charge in [0.2, 0.25) is 5.91 Å². The molecule has 15 heavy (non-hydrogen) atoms. The van der Waals surface area contributed by atoms with Crippen molar-refractivity contribution in [1.29, 1.82) is 0 Å². The lowest BCUT2D eigenvalue weighted by Gasteiger charge is -2.35. The summed E-state index contributed by atoms with van der Waals surface area (Å²) in [5, 5.41) is 8.65. The predicted octanol–water partition coefficient (Wildman–Crippen LogP) is 0.0137. The first-order chi connectivity index (χ1) is 7.00. The summed E-state index contributed by atoms with van der Waals surface area (Å²) in [6.45, 7) is 3.12. The largest absolute Gasteiger partial charge is 0.480 e. The molecule has 86 valence electrons. The minimum atomic E-state index is -0.800. The summed E-state index contributed by atoms with van der Waals surface area (Å²) >= 11 is 0. The summed E-state index contributed by atoms with van der Waals surface area (Å²) in [6, 6.07) is 0.289. The monoisotopic (exact) mass is 214 g/mol. The SMILES string of the molecule is CC(=O)N1CCC(N(C)CC(=O)O)CC1. The summed E-state index contributed by atoms with van der Waals surface area (Å²) in [4.78, 5) is 25.2. The highest BCUT2D eigenvalue weighted by molar-refractivity contribution is 5.73. The summed E-state index contributed by atoms with van der Waals surface area (Å²) in [5.74, 6) is -0.694. The van der Waals surface area contributed by atoms with Crippen LogP contribution in [0.15, 0.2) is 0 Å². The van der Waals surface area contributed by atoms with Gasteiger partial charge in [-0.2, -0.15) is 0 Å². The smallest absolute Gasteiger partial charge is 0.317 e. The van der Waals surface area contributed by atoms with Gasteiger partial charge < -0.3 is 10.0 Å². The number of rotatable bonds is 3. The average Bonchev–Trinajstić information content (AvgIpc) is 2.17. The highest BCUT2D eigenvalue weighted by Crippen LogP contribution is 2.14. The Morgan fingerprint density at radius 1 is 1.40 bits per heavy atom. The summed E-state index contributed by atoms with van der Waals surface area (Å²) in [6.07, 6.45) is 1.73. The summed E-state index contributed by atoms with van der Waals surface area (Å²) < 4.78 is 0. The number of carboxylic acids is 1. The van der Waals surface area contributed by atoms with Crippen molar-refractivity contribution < 1.29 is 14.7 Å². The molecule has 1 N–H and O–H groups in total. The lowest BCUT2D eigenvalue weighted by molar-refractivity contribution is -0.139. The molecular weight excluding hydrogens is 196 g/mol. The molecule has 0 spiro atoms. The van der Waals surface area contributed by atoms with Gasteiger partial charge in [0, 0.05) is 26.1 Å². The maximum Gasteiger partial charge on any atom is 0.317 e. The Kier molecular flexibility index (Phi) is 4.08. The van der Waals surface area contributed by atoms with E-state index in [9.17, 15) is 9.59 Å². The highest BCUT2D eigenvalue weighted by atomic mass is 16.4. The van der Waals surface area contributed by atoms with E-state index < -0.39 is 5.97 Å². The molecule has 1 amide bonds. The van der Waals surface area contributed by atoms with E-state index in [1.54, 1.807) is 6.92 Å². The molecule has 1 aliphatic heterocycles. The molecule has 1 saturated heterocycles. The van der Waals surface area contributed by atoms with Crippen LogP contribution in [0.4, 0.5) is 0 Å². The standard InChI is InChI=1S/C10H18N2O3/c1-8(13)12-5-3-9(4-6-12)11(2)7-10(14)15/h9H,3-7H2,1-2H3,(H,14,15). The van der Waals surface area contributed by atoms with Crippen molar-refractivity contribution in [3.8, 4) is 0 Å². The third-order valence-electron chi connectivity index (χ3n) is 2.92. The molecule has 1 fully saturated rings. The van der Waals surface area contributed by atoms with E-state index in [-0.39, 0.29) is 18.5 Å². The minimum absolute atomic E-state index is 0.0741. The van der Waals surface area contributed by atoms with E-state index in [0.717, 1.165) is 25.9 Å². The van der Waals surface area contributed by atoms with Crippen molar-refractivity contribution in [3.63, 3.8) is 0 Å². The van der Waals surface area contributed by atoms with Gasteiger partial charge in [-0.05, 0) is 19.9 Å². The Hall–Kier alpha value is -1.10. The summed E-state index contributed by atoms with van der Waals surface area (Å²) in [7, 11) is 1.82. The van der Waals surface area contributed by atoms with Crippen LogP contribution in [0.2, 0.25) is 0 Å². The molecule has 0 atom stereocenters. The van der Waals surface area contributed by atoms with E-state index in [1.165, 1.54) is 0 Å². The van der Waals surface area contributed by atoms with Gasteiger partial charge in [-0.3, -0.25) is 14.5 Å². The normalized spacial score (nSPS) is 18.2. The number of aliphatic carboxylic acids is 1. The molecule has 1 rings (SSSR count). The average molecular weight is 214 g/mol. The van der Waals surface area contributed by atoms with Crippen LogP contribution in [0, 0.1) is 0 Å². The van der Waals surface area contributed by atoms with Gasteiger partial charge in [0.25, 0.3) is 0 Å². The Morgan fingerprint density at radius 2 is 1.93 bits per heavy atom. The van der Waals surface area contributed by atoms with Crippen LogP contribution in [0.25, 0.3) is 0 Å². The third-order valence-corrected chi connectivity index (χ3v) is 2.92. The first-order valence-corrected chi connectivity index (χ1v) is 5.18. The number of nitrogens with zero attached hydrogens (tertiary/aromatic N) is 2. The number of hydrogen-bond donors (Lipinski definition) is 1. The van der Waals surface area contributed by atoms with Crippen molar-refractivity contribution in [3.05, 3.63) is 0 Å². The maximum atomic E-state index is 11.1. The van der Waals surface area contributed by atoms with E-state index in [0.29, 0.717) is 0 Å². The van der Waals surface area contributed by atoms with Crippen LogP contribution in [0.5, 0.6) is 0 Å². The molecule has 0 aromatic heterocycles. The Balaban J connectivity index is 2.36. The lowest BCUT2D eigenvalue weighted by atomic mass is 10.0. The summed E-state index contributed by atoms with van der Waals surface area (Å²) in [5.41, 5.74) is 0. The Bertz CT molecular complexity index is 247. The molecular formula is C10H18N2O3. The molecule has 1 aliphatic rings. The van der Waals surface area contributed by atoms with Gasteiger partial charge in [0.05, 0.1) is 6.54 Å². The number of likely N-dealkylation sites (tertiary alicyclic amines) is 1. The van der Waals surface area contributed by atoms with Crippen LogP contribution >= 0.6 is 0 Å². The fourth-order valence-electron chi connectivity index (χ4n) is 1.96.